The van der Waals surface area contributed by atoms with Crippen LogP contribution in [0.4, 0.5) is 11.4 Å². The maximum absolute atomic E-state index is 6.06. The van der Waals surface area contributed by atoms with Gasteiger partial charge in [0, 0.05) is 0 Å². The number of azo groups is 1. The van der Waals surface area contributed by atoms with Crippen LogP contribution in [-0.4, -0.2) is 0 Å². The van der Waals surface area contributed by atoms with E-state index in [1.165, 1.54) is 3.07 Å². The van der Waals surface area contributed by atoms with Crippen molar-refractivity contribution in [2.24, 2.45) is 10.2 Å². The van der Waals surface area contributed by atoms with Crippen LogP contribution in [0.15, 0.2) is 58.8 Å². The van der Waals surface area contributed by atoms with Gasteiger partial charge in [0.15, 0.2) is 0 Å². The van der Waals surface area contributed by atoms with Crippen molar-refractivity contribution >= 4 is 45.3 Å². The molecule has 82 valence electrons. The maximum atomic E-state index is 6.06. The number of hydrogen-bond donors (Lipinski definition) is 0. The molecule has 0 saturated carbocycles. The minimum absolute atomic E-state index is 0.897. The topological polar surface area (TPSA) is 24.7 Å². The van der Waals surface area contributed by atoms with E-state index in [1.807, 2.05) is 42.5 Å². The van der Waals surface area contributed by atoms with Gasteiger partial charge in [-0.2, -0.15) is 0 Å². The summed E-state index contributed by atoms with van der Waals surface area (Å²) in [5.74, 6) is 0. The van der Waals surface area contributed by atoms with Gasteiger partial charge in [0.25, 0.3) is 0 Å². The Balaban J connectivity index is 2.29. The predicted octanol–water partition coefficient (Wildman–Crippen LogP) is 4.57. The van der Waals surface area contributed by atoms with E-state index in [4.69, 9.17) is 8.25 Å². The fourth-order valence-electron chi connectivity index (χ4n) is 1.36. The molecule has 0 aliphatic carbocycles. The third-order valence-corrected chi connectivity index (χ3v) is 9.14. The minimum atomic E-state index is -1.44. The zero-order valence-corrected chi connectivity index (χ0v) is 17.4. The molecule has 0 unspecified atom stereocenters. The van der Waals surface area contributed by atoms with Crippen molar-refractivity contribution in [3.63, 3.8) is 0 Å². The number of nitrogens with zero attached hydrogens (tertiary/aromatic N) is 2. The number of halogens is 2. The molecule has 0 fully saturated rings. The summed E-state index contributed by atoms with van der Waals surface area (Å²) in [6.45, 7) is 0. The van der Waals surface area contributed by atoms with Crippen molar-refractivity contribution in [1.82, 2.24) is 0 Å². The van der Waals surface area contributed by atoms with Crippen molar-refractivity contribution in [1.29, 1.82) is 0 Å². The molecule has 0 aromatic heterocycles. The normalized spacial score (nSPS) is 10.5. The van der Waals surface area contributed by atoms with Crippen LogP contribution in [0.5, 0.6) is 0 Å². The van der Waals surface area contributed by atoms with E-state index in [-0.39, 0.29) is 0 Å². The van der Waals surface area contributed by atoms with Gasteiger partial charge in [0.1, 0.15) is 0 Å². The molecule has 2 nitrogen and oxygen atoms in total. The van der Waals surface area contributed by atoms with Gasteiger partial charge in [-0.3, -0.25) is 0 Å². The molecule has 17 heavy (non-hydrogen) atoms. The van der Waals surface area contributed by atoms with Gasteiger partial charge >= 0.3 is 131 Å². The van der Waals surface area contributed by atoms with Gasteiger partial charge in [-0.05, 0) is 0 Å². The van der Waals surface area contributed by atoms with E-state index >= 15 is 0 Å². The second-order valence-corrected chi connectivity index (χ2v) is 10.9. The van der Waals surface area contributed by atoms with E-state index in [9.17, 15) is 0 Å². The molecule has 0 aliphatic rings. The monoisotopic (exact) mass is 544 g/mol. The van der Waals surface area contributed by atoms with Gasteiger partial charge in [-0.15, -0.1) is 0 Å². The van der Waals surface area contributed by atoms with Crippen LogP contribution in [0.2, 0.25) is 0 Å². The van der Waals surface area contributed by atoms with E-state index in [0.717, 1.165) is 14.9 Å². The van der Waals surface area contributed by atoms with Crippen LogP contribution in [0, 0.1) is 3.57 Å². The fraction of sp³-hybridized carbons (Fsp3) is 0. The molecule has 5 heteroatoms. The Morgan fingerprint density at radius 1 is 0.882 bits per heavy atom. The van der Waals surface area contributed by atoms with Crippen LogP contribution < -0.4 is 3.07 Å². The Bertz CT molecular complexity index is 546. The Hall–Kier alpha value is -0.00494. The second kappa shape index (κ2) is 6.80. The Morgan fingerprint density at radius 3 is 2.18 bits per heavy atom. The molecule has 0 heterocycles. The summed E-state index contributed by atoms with van der Waals surface area (Å²) in [6, 6.07) is 15.9. The zero-order chi connectivity index (χ0) is 12.1. The van der Waals surface area contributed by atoms with Crippen molar-refractivity contribution in [3.05, 3.63) is 52.1 Å². The first-order chi connectivity index (χ1) is 8.31. The van der Waals surface area contributed by atoms with Crippen molar-refractivity contribution in [2.75, 3.05) is 0 Å². The van der Waals surface area contributed by atoms with E-state index in [1.54, 1.807) is 0 Å². The van der Waals surface area contributed by atoms with Crippen molar-refractivity contribution in [2.45, 2.75) is 0 Å². The van der Waals surface area contributed by atoms with Crippen LogP contribution in [-0.2, 0) is 23.3 Å². The van der Waals surface area contributed by atoms with Gasteiger partial charge < -0.3 is 0 Å². The SMILES string of the molecule is [Cl][Hg][c]1ccccc1N=Nc1ccccc1I. The predicted molar refractivity (Wildman–Crippen MR) is 75.3 cm³/mol. The quantitative estimate of drug-likeness (QED) is 0.308. The molecule has 0 aliphatic heterocycles. The molecule has 0 bridgehead atoms. The summed E-state index contributed by atoms with van der Waals surface area (Å²) >= 11 is 0.818. The zero-order valence-electron chi connectivity index (χ0n) is 8.98. The van der Waals surface area contributed by atoms with Crippen LogP contribution >= 0.6 is 30.8 Å². The third-order valence-electron chi connectivity index (χ3n) is 2.25. The first-order valence-electron chi connectivity index (χ1n) is 5.11. The summed E-state index contributed by atoms with van der Waals surface area (Å²) in [6.07, 6.45) is 0. The summed E-state index contributed by atoms with van der Waals surface area (Å²) in [5, 5.41) is 8.58. The standard InChI is InChI=1S/C12H8IN2.ClH.Hg/c13-11-8-4-5-9-12(11)15-14-10-6-2-1-3-7-10;;/h1-6,8-9H;1H;/q;;+1/p-1. The molecule has 0 N–H and O–H groups in total. The third kappa shape index (κ3) is 3.73. The van der Waals surface area contributed by atoms with Crippen LogP contribution in [0.1, 0.15) is 0 Å². The Morgan fingerprint density at radius 2 is 1.47 bits per heavy atom. The summed E-state index contributed by atoms with van der Waals surface area (Å²) in [7, 11) is 6.06. The van der Waals surface area contributed by atoms with E-state index < -0.39 is 23.3 Å². The summed E-state index contributed by atoms with van der Waals surface area (Å²) in [5.41, 5.74) is 1.82. The number of rotatable bonds is 3. The first-order valence-corrected chi connectivity index (χ1v) is 15.7. The fourth-order valence-corrected chi connectivity index (χ4v) is 5.98. The van der Waals surface area contributed by atoms with E-state index in [0.29, 0.717) is 0 Å². The molecule has 0 spiro atoms. The van der Waals surface area contributed by atoms with Crippen LogP contribution in [0.25, 0.3) is 0 Å². The van der Waals surface area contributed by atoms with Crippen LogP contribution in [0.3, 0.4) is 0 Å². The number of hydrogen-bond acceptors (Lipinski definition) is 2. The number of benzene rings is 2. The molecule has 0 atom stereocenters. The molecular weight excluding hydrogens is 535 g/mol. The summed E-state index contributed by atoms with van der Waals surface area (Å²) in [4.78, 5) is 0. The van der Waals surface area contributed by atoms with Crippen molar-refractivity contribution < 1.29 is 23.3 Å². The first kappa shape index (κ1) is 13.4. The molecular formula is C12H8ClHgIN2. The average Bonchev–Trinajstić information content (AvgIpc) is 2.38. The molecule has 0 saturated heterocycles. The van der Waals surface area contributed by atoms with Gasteiger partial charge in [0.2, 0.25) is 0 Å². The molecule has 2 aromatic carbocycles. The van der Waals surface area contributed by atoms with E-state index in [2.05, 4.69) is 38.9 Å². The Labute approximate surface area is 130 Å². The summed E-state index contributed by atoms with van der Waals surface area (Å²) < 4.78 is 2.31. The average molecular weight is 543 g/mol. The van der Waals surface area contributed by atoms with Gasteiger partial charge in [-0.25, -0.2) is 0 Å². The molecule has 0 radical (unpaired) electrons. The molecule has 2 rings (SSSR count). The van der Waals surface area contributed by atoms with Gasteiger partial charge in [-0.1, -0.05) is 0 Å². The molecule has 0 amide bonds. The second-order valence-electron chi connectivity index (χ2n) is 3.41. The Kier molecular flexibility index (Phi) is 5.37. The van der Waals surface area contributed by atoms with Gasteiger partial charge in [0.05, 0.1) is 0 Å². The molecule has 2 aromatic rings. The van der Waals surface area contributed by atoms with Crippen molar-refractivity contribution in [3.8, 4) is 0 Å².